The molecular formula is C18H18N2O3S. The van der Waals surface area contributed by atoms with Gasteiger partial charge < -0.3 is 14.6 Å². The van der Waals surface area contributed by atoms with Crippen molar-refractivity contribution in [1.29, 1.82) is 0 Å². The quantitative estimate of drug-likeness (QED) is 0.732. The number of rotatable bonds is 5. The van der Waals surface area contributed by atoms with Gasteiger partial charge in [-0.3, -0.25) is 4.79 Å². The van der Waals surface area contributed by atoms with E-state index in [1.165, 1.54) is 11.3 Å². The molecule has 3 rings (SSSR count). The zero-order valence-electron chi connectivity index (χ0n) is 13.8. The van der Waals surface area contributed by atoms with Crippen molar-refractivity contribution >= 4 is 22.9 Å². The average molecular weight is 342 g/mol. The molecule has 0 radical (unpaired) electrons. The van der Waals surface area contributed by atoms with Gasteiger partial charge in [0.25, 0.3) is 5.91 Å². The van der Waals surface area contributed by atoms with E-state index in [0.29, 0.717) is 11.5 Å². The number of carbonyl (C=O) groups is 1. The molecule has 0 aliphatic heterocycles. The number of carbonyl (C=O) groups excluding carboxylic acids is 1. The third kappa shape index (κ3) is 3.33. The lowest BCUT2D eigenvalue weighted by Crippen LogP contribution is -2.09. The molecule has 0 unspecified atom stereocenters. The molecule has 0 aliphatic carbocycles. The van der Waals surface area contributed by atoms with Crippen LogP contribution in [0.15, 0.2) is 40.9 Å². The summed E-state index contributed by atoms with van der Waals surface area (Å²) in [5.41, 5.74) is 2.52. The van der Waals surface area contributed by atoms with Crippen LogP contribution in [0.5, 0.6) is 5.75 Å². The summed E-state index contributed by atoms with van der Waals surface area (Å²) in [5, 5.41) is 6.85. The third-order valence-corrected chi connectivity index (χ3v) is 4.63. The molecule has 124 valence electrons. The van der Waals surface area contributed by atoms with Crippen molar-refractivity contribution in [3.8, 4) is 16.2 Å². The van der Waals surface area contributed by atoms with Gasteiger partial charge in [-0.1, -0.05) is 5.16 Å². The fraction of sp³-hybridized carbons (Fsp3) is 0.222. The Labute approximate surface area is 144 Å². The molecule has 0 fully saturated rings. The maximum atomic E-state index is 12.4. The predicted molar refractivity (Wildman–Crippen MR) is 94.9 cm³/mol. The molecule has 0 bridgehead atoms. The molecule has 0 saturated carbocycles. The topological polar surface area (TPSA) is 64.4 Å². The number of benzene rings is 1. The van der Waals surface area contributed by atoms with Crippen molar-refractivity contribution in [2.75, 3.05) is 11.9 Å². The molecule has 2 aromatic heterocycles. The summed E-state index contributed by atoms with van der Waals surface area (Å²) in [6.45, 7) is 6.31. The summed E-state index contributed by atoms with van der Waals surface area (Å²) < 4.78 is 10.6. The van der Waals surface area contributed by atoms with E-state index in [2.05, 4.69) is 10.5 Å². The molecule has 1 amide bonds. The van der Waals surface area contributed by atoms with E-state index >= 15 is 0 Å². The Morgan fingerprint density at radius 3 is 2.58 bits per heavy atom. The van der Waals surface area contributed by atoms with E-state index in [1.807, 2.05) is 57.2 Å². The summed E-state index contributed by atoms with van der Waals surface area (Å²) >= 11 is 1.42. The SMILES string of the molecule is CCOc1ccc(NC(=O)c2ccc(-c3c(C)noc3C)s2)cc1. The maximum absolute atomic E-state index is 12.4. The minimum Gasteiger partial charge on any atom is -0.494 e. The summed E-state index contributed by atoms with van der Waals surface area (Å²) in [4.78, 5) is 14.0. The van der Waals surface area contributed by atoms with E-state index in [9.17, 15) is 4.79 Å². The number of hydrogen-bond donors (Lipinski definition) is 1. The first-order valence-electron chi connectivity index (χ1n) is 7.65. The number of thiophene rings is 1. The Kier molecular flexibility index (Phi) is 4.66. The second-order valence-corrected chi connectivity index (χ2v) is 6.36. The summed E-state index contributed by atoms with van der Waals surface area (Å²) in [6.07, 6.45) is 0. The molecule has 0 atom stereocenters. The van der Waals surface area contributed by atoms with Crippen molar-refractivity contribution in [3.05, 3.63) is 52.7 Å². The minimum absolute atomic E-state index is 0.137. The molecule has 0 aliphatic rings. The number of anilines is 1. The first kappa shape index (κ1) is 16.3. The molecule has 0 spiro atoms. The van der Waals surface area contributed by atoms with Crippen LogP contribution in [0.25, 0.3) is 10.4 Å². The Balaban J connectivity index is 1.74. The Hall–Kier alpha value is -2.60. The first-order valence-corrected chi connectivity index (χ1v) is 8.47. The Morgan fingerprint density at radius 2 is 1.96 bits per heavy atom. The standard InChI is InChI=1S/C18H18N2O3S/c1-4-22-14-7-5-13(6-8-14)19-18(21)16-10-9-15(24-16)17-11(2)20-23-12(17)3/h5-10H,4H2,1-3H3,(H,19,21). The predicted octanol–water partition coefficient (Wildman–Crippen LogP) is 4.67. The van der Waals surface area contributed by atoms with Gasteiger partial charge in [0.2, 0.25) is 0 Å². The van der Waals surface area contributed by atoms with Crippen molar-refractivity contribution in [2.45, 2.75) is 20.8 Å². The van der Waals surface area contributed by atoms with Crippen LogP contribution in [0.3, 0.4) is 0 Å². The smallest absolute Gasteiger partial charge is 0.265 e. The Morgan fingerprint density at radius 1 is 1.21 bits per heavy atom. The van der Waals surface area contributed by atoms with Gasteiger partial charge in [-0.15, -0.1) is 11.3 Å². The first-order chi connectivity index (χ1) is 11.6. The largest absolute Gasteiger partial charge is 0.494 e. The van der Waals surface area contributed by atoms with E-state index in [0.717, 1.165) is 33.3 Å². The summed E-state index contributed by atoms with van der Waals surface area (Å²) in [7, 11) is 0. The van der Waals surface area contributed by atoms with Crippen LogP contribution in [0.2, 0.25) is 0 Å². The molecule has 1 aromatic carbocycles. The van der Waals surface area contributed by atoms with Gasteiger partial charge in [0.1, 0.15) is 11.5 Å². The lowest BCUT2D eigenvalue weighted by Gasteiger charge is -2.06. The maximum Gasteiger partial charge on any atom is 0.265 e. The van der Waals surface area contributed by atoms with Crippen molar-refractivity contribution in [1.82, 2.24) is 5.16 Å². The zero-order valence-corrected chi connectivity index (χ0v) is 14.6. The molecule has 24 heavy (non-hydrogen) atoms. The number of hydrogen-bond acceptors (Lipinski definition) is 5. The molecule has 6 heteroatoms. The lowest BCUT2D eigenvalue weighted by molar-refractivity contribution is 0.103. The monoisotopic (exact) mass is 342 g/mol. The van der Waals surface area contributed by atoms with Crippen LogP contribution >= 0.6 is 11.3 Å². The van der Waals surface area contributed by atoms with Crippen LogP contribution < -0.4 is 10.1 Å². The molecule has 0 saturated heterocycles. The van der Waals surface area contributed by atoms with Crippen LogP contribution in [0.1, 0.15) is 28.0 Å². The lowest BCUT2D eigenvalue weighted by atomic mass is 10.2. The van der Waals surface area contributed by atoms with E-state index in [-0.39, 0.29) is 5.91 Å². The Bertz CT molecular complexity index is 830. The van der Waals surface area contributed by atoms with Crippen LogP contribution in [0.4, 0.5) is 5.69 Å². The van der Waals surface area contributed by atoms with Gasteiger partial charge in [0, 0.05) is 10.6 Å². The van der Waals surface area contributed by atoms with E-state index < -0.39 is 0 Å². The zero-order chi connectivity index (χ0) is 17.1. The van der Waals surface area contributed by atoms with Gasteiger partial charge in [0.05, 0.1) is 22.7 Å². The highest BCUT2D eigenvalue weighted by atomic mass is 32.1. The number of aromatic nitrogens is 1. The highest BCUT2D eigenvalue weighted by Crippen LogP contribution is 2.33. The second-order valence-electron chi connectivity index (χ2n) is 5.27. The highest BCUT2D eigenvalue weighted by Gasteiger charge is 2.16. The summed E-state index contributed by atoms with van der Waals surface area (Å²) in [5.74, 6) is 1.40. The fourth-order valence-electron chi connectivity index (χ4n) is 2.42. The number of ether oxygens (including phenoxy) is 1. The number of aryl methyl sites for hydroxylation is 2. The van der Waals surface area contributed by atoms with Gasteiger partial charge in [-0.05, 0) is 57.2 Å². The van der Waals surface area contributed by atoms with Crippen LogP contribution in [-0.2, 0) is 0 Å². The molecule has 1 N–H and O–H groups in total. The van der Waals surface area contributed by atoms with Gasteiger partial charge in [0.15, 0.2) is 0 Å². The van der Waals surface area contributed by atoms with Gasteiger partial charge in [-0.2, -0.15) is 0 Å². The third-order valence-electron chi connectivity index (χ3n) is 3.53. The fourth-order valence-corrected chi connectivity index (χ4v) is 3.47. The number of amides is 1. The average Bonchev–Trinajstić information content (AvgIpc) is 3.16. The van der Waals surface area contributed by atoms with Crippen molar-refractivity contribution in [3.63, 3.8) is 0 Å². The van der Waals surface area contributed by atoms with Crippen LogP contribution in [-0.4, -0.2) is 17.7 Å². The van der Waals surface area contributed by atoms with E-state index in [4.69, 9.17) is 9.26 Å². The van der Waals surface area contributed by atoms with Crippen molar-refractivity contribution in [2.24, 2.45) is 0 Å². The van der Waals surface area contributed by atoms with Crippen molar-refractivity contribution < 1.29 is 14.1 Å². The minimum atomic E-state index is -0.137. The summed E-state index contributed by atoms with van der Waals surface area (Å²) in [6, 6.07) is 11.1. The highest BCUT2D eigenvalue weighted by molar-refractivity contribution is 7.17. The molecule has 5 nitrogen and oxygen atoms in total. The molecule has 3 aromatic rings. The van der Waals surface area contributed by atoms with E-state index in [1.54, 1.807) is 0 Å². The second kappa shape index (κ2) is 6.88. The van der Waals surface area contributed by atoms with Gasteiger partial charge in [-0.25, -0.2) is 0 Å². The van der Waals surface area contributed by atoms with Gasteiger partial charge >= 0.3 is 0 Å². The molecular weight excluding hydrogens is 324 g/mol. The molecule has 2 heterocycles. The van der Waals surface area contributed by atoms with Crippen LogP contribution in [0, 0.1) is 13.8 Å². The number of nitrogens with zero attached hydrogens (tertiary/aromatic N) is 1. The normalized spacial score (nSPS) is 10.6. The number of nitrogens with one attached hydrogen (secondary N) is 1.